The number of rotatable bonds is 5. The van der Waals surface area contributed by atoms with Crippen molar-refractivity contribution in [1.82, 2.24) is 4.47 Å². The van der Waals surface area contributed by atoms with Gasteiger partial charge in [-0.25, -0.2) is 8.42 Å². The van der Waals surface area contributed by atoms with Crippen LogP contribution in [0.25, 0.3) is 0 Å². The summed E-state index contributed by atoms with van der Waals surface area (Å²) in [5.74, 6) is -0.235. The summed E-state index contributed by atoms with van der Waals surface area (Å²) in [6, 6.07) is 7.59. The van der Waals surface area contributed by atoms with Crippen LogP contribution in [0, 0.1) is 0 Å². The highest BCUT2D eigenvalue weighted by molar-refractivity contribution is 7.89. The highest BCUT2D eigenvalue weighted by atomic mass is 32.2. The van der Waals surface area contributed by atoms with Crippen LogP contribution in [0.1, 0.15) is 10.4 Å². The van der Waals surface area contributed by atoms with Gasteiger partial charge in [-0.05, 0) is 35.7 Å². The molecule has 0 atom stereocenters. The molecule has 0 bridgehead atoms. The molecule has 6 nitrogen and oxygen atoms in total. The first-order chi connectivity index (χ1) is 9.95. The summed E-state index contributed by atoms with van der Waals surface area (Å²) in [5, 5.41) is 6.24. The third-order valence-corrected chi connectivity index (χ3v) is 5.17. The van der Waals surface area contributed by atoms with Gasteiger partial charge in [0.15, 0.2) is 0 Å². The van der Waals surface area contributed by atoms with Gasteiger partial charge in [-0.15, -0.1) is 0 Å². The van der Waals surface area contributed by atoms with E-state index >= 15 is 0 Å². The molecule has 0 spiro atoms. The zero-order valence-electron chi connectivity index (χ0n) is 11.4. The molecule has 0 aliphatic carbocycles. The van der Waals surface area contributed by atoms with Crippen LogP contribution in [0.2, 0.25) is 0 Å². The second-order valence-electron chi connectivity index (χ2n) is 4.09. The van der Waals surface area contributed by atoms with Gasteiger partial charge in [0, 0.05) is 18.1 Å². The maximum absolute atomic E-state index is 12.0. The van der Waals surface area contributed by atoms with E-state index in [0.29, 0.717) is 11.3 Å². The molecule has 1 heterocycles. The van der Waals surface area contributed by atoms with Gasteiger partial charge in [0.1, 0.15) is 0 Å². The fourth-order valence-corrected chi connectivity index (χ4v) is 3.16. The molecule has 2 rings (SSSR count). The first-order valence-corrected chi connectivity index (χ1v) is 8.30. The molecule has 1 aromatic carbocycles. The molecule has 2 aromatic rings. The van der Waals surface area contributed by atoms with E-state index in [2.05, 4.69) is 10.2 Å². The van der Waals surface area contributed by atoms with Crippen molar-refractivity contribution in [2.24, 2.45) is 0 Å². The van der Waals surface area contributed by atoms with E-state index in [1.54, 1.807) is 11.4 Å². The maximum atomic E-state index is 12.0. The second-order valence-corrected chi connectivity index (χ2v) is 6.80. The molecule has 0 unspecified atom stereocenters. The summed E-state index contributed by atoms with van der Waals surface area (Å²) in [5.41, 5.74) is 1.08. The van der Waals surface area contributed by atoms with Crippen LogP contribution in [0.4, 0.5) is 5.69 Å². The molecule has 0 aliphatic rings. The normalized spacial score (nSPS) is 11.6. The van der Waals surface area contributed by atoms with Gasteiger partial charge in [0.05, 0.1) is 17.6 Å². The molecular weight excluding hydrogens is 312 g/mol. The van der Waals surface area contributed by atoms with Gasteiger partial charge < -0.3 is 5.32 Å². The molecule has 112 valence electrons. The number of thiophene rings is 1. The Morgan fingerprint density at radius 1 is 1.24 bits per heavy atom. The lowest BCUT2D eigenvalue weighted by molar-refractivity contribution is -0.0258. The first kappa shape index (κ1) is 15.6. The minimum Gasteiger partial charge on any atom is -0.322 e. The molecule has 0 fully saturated rings. The quantitative estimate of drug-likeness (QED) is 0.855. The van der Waals surface area contributed by atoms with Gasteiger partial charge in [0.25, 0.3) is 15.9 Å². The second kappa shape index (κ2) is 6.35. The Bertz CT molecular complexity index is 709. The van der Waals surface area contributed by atoms with Crippen molar-refractivity contribution in [2.45, 2.75) is 4.90 Å². The summed E-state index contributed by atoms with van der Waals surface area (Å²) >= 11 is 1.43. The van der Waals surface area contributed by atoms with Crippen molar-refractivity contribution in [1.29, 1.82) is 0 Å². The number of anilines is 1. The van der Waals surface area contributed by atoms with E-state index in [9.17, 15) is 13.2 Å². The number of carbonyl (C=O) groups excluding carboxylic acids is 1. The number of hydrogen-bond donors (Lipinski definition) is 1. The summed E-state index contributed by atoms with van der Waals surface area (Å²) < 4.78 is 24.8. The molecule has 0 radical (unpaired) electrons. The number of nitrogens with one attached hydrogen (secondary N) is 1. The topological polar surface area (TPSA) is 75.7 Å². The molecule has 0 saturated carbocycles. The van der Waals surface area contributed by atoms with E-state index in [-0.39, 0.29) is 10.8 Å². The SMILES string of the molecule is CON(C)S(=O)(=O)c1ccc(NC(=O)c2ccsc2)cc1. The summed E-state index contributed by atoms with van der Waals surface area (Å²) in [4.78, 5) is 16.6. The molecule has 1 N–H and O–H groups in total. The molecule has 8 heteroatoms. The lowest BCUT2D eigenvalue weighted by Crippen LogP contribution is -2.25. The molecule has 1 amide bonds. The predicted molar refractivity (Wildman–Crippen MR) is 80.7 cm³/mol. The van der Waals surface area contributed by atoms with Gasteiger partial charge in [-0.3, -0.25) is 9.63 Å². The van der Waals surface area contributed by atoms with E-state index in [0.717, 1.165) is 4.47 Å². The molecule has 1 aromatic heterocycles. The summed E-state index contributed by atoms with van der Waals surface area (Å²) in [6.07, 6.45) is 0. The number of amides is 1. The Balaban J connectivity index is 2.15. The molecular formula is C13H14N2O4S2. The van der Waals surface area contributed by atoms with Crippen molar-refractivity contribution >= 4 is 33.0 Å². The number of carbonyl (C=O) groups is 1. The third-order valence-electron chi connectivity index (χ3n) is 2.79. The minimum absolute atomic E-state index is 0.0837. The zero-order valence-corrected chi connectivity index (χ0v) is 13.1. The highest BCUT2D eigenvalue weighted by Crippen LogP contribution is 2.18. The van der Waals surface area contributed by atoms with Gasteiger partial charge in [0.2, 0.25) is 0 Å². The van der Waals surface area contributed by atoms with Crippen molar-refractivity contribution in [3.05, 3.63) is 46.7 Å². The highest BCUT2D eigenvalue weighted by Gasteiger charge is 2.20. The first-order valence-electron chi connectivity index (χ1n) is 5.92. The van der Waals surface area contributed by atoms with Crippen molar-refractivity contribution in [2.75, 3.05) is 19.5 Å². The average Bonchev–Trinajstić information content (AvgIpc) is 3.01. The number of nitrogens with zero attached hydrogens (tertiary/aromatic N) is 1. The monoisotopic (exact) mass is 326 g/mol. The van der Waals surface area contributed by atoms with Crippen molar-refractivity contribution in [3.63, 3.8) is 0 Å². The van der Waals surface area contributed by atoms with Crippen LogP contribution in [0.3, 0.4) is 0 Å². The molecule has 21 heavy (non-hydrogen) atoms. The van der Waals surface area contributed by atoms with Crippen LogP contribution < -0.4 is 5.32 Å². The Kier molecular flexibility index (Phi) is 4.73. The van der Waals surface area contributed by atoms with Gasteiger partial charge >= 0.3 is 0 Å². The van der Waals surface area contributed by atoms with Gasteiger partial charge in [-0.2, -0.15) is 11.3 Å². The van der Waals surface area contributed by atoms with Crippen LogP contribution in [0.5, 0.6) is 0 Å². The fraction of sp³-hybridized carbons (Fsp3) is 0.154. The molecule has 0 saturated heterocycles. The average molecular weight is 326 g/mol. The Morgan fingerprint density at radius 3 is 2.43 bits per heavy atom. The lowest BCUT2D eigenvalue weighted by Gasteiger charge is -2.14. The summed E-state index contributed by atoms with van der Waals surface area (Å²) in [7, 11) is -1.10. The van der Waals surface area contributed by atoms with E-state index < -0.39 is 10.0 Å². The Hall–Kier alpha value is -1.74. The smallest absolute Gasteiger partial charge is 0.264 e. The van der Waals surface area contributed by atoms with E-state index in [1.807, 2.05) is 5.38 Å². The minimum atomic E-state index is -3.68. The number of hydroxylamine groups is 1. The van der Waals surface area contributed by atoms with E-state index in [1.165, 1.54) is 49.8 Å². The lowest BCUT2D eigenvalue weighted by atomic mass is 10.3. The Labute approximate surface area is 127 Å². The molecule has 0 aliphatic heterocycles. The van der Waals surface area contributed by atoms with Gasteiger partial charge in [-0.1, -0.05) is 4.47 Å². The maximum Gasteiger partial charge on any atom is 0.264 e. The van der Waals surface area contributed by atoms with Crippen molar-refractivity contribution < 1.29 is 18.0 Å². The number of hydrogen-bond acceptors (Lipinski definition) is 5. The zero-order chi connectivity index (χ0) is 15.5. The van der Waals surface area contributed by atoms with Crippen LogP contribution in [-0.2, 0) is 14.9 Å². The third kappa shape index (κ3) is 3.48. The number of benzene rings is 1. The Morgan fingerprint density at radius 2 is 1.90 bits per heavy atom. The van der Waals surface area contributed by atoms with Crippen LogP contribution in [0.15, 0.2) is 46.0 Å². The summed E-state index contributed by atoms with van der Waals surface area (Å²) in [6.45, 7) is 0. The van der Waals surface area contributed by atoms with Crippen LogP contribution in [-0.4, -0.2) is 33.0 Å². The predicted octanol–water partition coefficient (Wildman–Crippen LogP) is 2.18. The van der Waals surface area contributed by atoms with Crippen LogP contribution >= 0.6 is 11.3 Å². The standard InChI is InChI=1S/C13H14N2O4S2/c1-15(19-2)21(17,18)12-5-3-11(4-6-12)14-13(16)10-7-8-20-9-10/h3-9H,1-2H3,(H,14,16). The largest absolute Gasteiger partial charge is 0.322 e. The number of sulfonamides is 1. The van der Waals surface area contributed by atoms with Crippen molar-refractivity contribution in [3.8, 4) is 0 Å². The van der Waals surface area contributed by atoms with E-state index in [4.69, 9.17) is 0 Å². The fourth-order valence-electron chi connectivity index (χ4n) is 1.55.